The average molecular weight is 276 g/mol. The van der Waals surface area contributed by atoms with Crippen LogP contribution in [0.4, 0.5) is 5.69 Å². The number of hydrogen-bond acceptors (Lipinski definition) is 3. The van der Waals surface area contributed by atoms with Gasteiger partial charge in [0.15, 0.2) is 0 Å². The molecule has 0 atom stereocenters. The highest BCUT2D eigenvalue weighted by molar-refractivity contribution is 6.27. The summed E-state index contributed by atoms with van der Waals surface area (Å²) in [6.45, 7) is 0. The molecule has 0 saturated carbocycles. The summed E-state index contributed by atoms with van der Waals surface area (Å²) in [5.74, 6) is 2.12. The van der Waals surface area contributed by atoms with Crippen molar-refractivity contribution in [3.8, 4) is 11.5 Å². The number of hydrogen-bond donors (Lipinski definition) is 0. The Hall–Kier alpha value is -2.00. The molecular formula is C15H14ClNO2. The molecule has 0 N–H and O–H groups in total. The van der Waals surface area contributed by atoms with Gasteiger partial charge in [-0.25, -0.2) is 4.99 Å². The Morgan fingerprint density at radius 2 is 1.63 bits per heavy atom. The highest BCUT2D eigenvalue weighted by Gasteiger charge is 2.02. The van der Waals surface area contributed by atoms with Crippen molar-refractivity contribution in [3.05, 3.63) is 54.6 Å². The summed E-state index contributed by atoms with van der Waals surface area (Å²) in [5, 5.41) is 0. The van der Waals surface area contributed by atoms with Gasteiger partial charge in [0.1, 0.15) is 11.5 Å². The van der Waals surface area contributed by atoms with Crippen molar-refractivity contribution in [2.75, 3.05) is 13.0 Å². The second-order valence-corrected chi connectivity index (χ2v) is 4.02. The van der Waals surface area contributed by atoms with Gasteiger partial charge in [-0.15, -0.1) is 11.6 Å². The van der Waals surface area contributed by atoms with Gasteiger partial charge in [-0.05, 0) is 36.4 Å². The second-order valence-electron chi connectivity index (χ2n) is 3.75. The fraction of sp³-hybridized carbons (Fsp3) is 0.133. The normalized spacial score (nSPS) is 11.2. The fourth-order valence-electron chi connectivity index (χ4n) is 1.51. The van der Waals surface area contributed by atoms with Crippen molar-refractivity contribution in [2.45, 2.75) is 0 Å². The van der Waals surface area contributed by atoms with Gasteiger partial charge >= 0.3 is 0 Å². The highest BCUT2D eigenvalue weighted by atomic mass is 35.5. The molecule has 98 valence electrons. The summed E-state index contributed by atoms with van der Waals surface area (Å²) >= 11 is 5.85. The summed E-state index contributed by atoms with van der Waals surface area (Å²) in [6, 6.07) is 16.8. The number of halogens is 1. The zero-order valence-electron chi connectivity index (χ0n) is 10.5. The lowest BCUT2D eigenvalue weighted by atomic mass is 10.3. The monoisotopic (exact) mass is 275 g/mol. The molecular weight excluding hydrogens is 262 g/mol. The number of benzene rings is 2. The molecule has 4 heteroatoms. The first-order valence-corrected chi connectivity index (χ1v) is 6.36. The first kappa shape index (κ1) is 13.4. The van der Waals surface area contributed by atoms with Crippen LogP contribution >= 0.6 is 11.6 Å². The smallest absolute Gasteiger partial charge is 0.210 e. The van der Waals surface area contributed by atoms with Gasteiger partial charge in [-0.2, -0.15) is 0 Å². The minimum Gasteiger partial charge on any atom is -0.497 e. The van der Waals surface area contributed by atoms with E-state index in [2.05, 4.69) is 4.99 Å². The summed E-state index contributed by atoms with van der Waals surface area (Å²) in [5.41, 5.74) is 0.812. The van der Waals surface area contributed by atoms with Crippen LogP contribution < -0.4 is 9.47 Å². The Morgan fingerprint density at radius 3 is 2.21 bits per heavy atom. The van der Waals surface area contributed by atoms with E-state index in [1.54, 1.807) is 7.11 Å². The predicted octanol–water partition coefficient (Wildman–Crippen LogP) is 4.04. The van der Waals surface area contributed by atoms with Crippen LogP contribution in [0.1, 0.15) is 0 Å². The number of ether oxygens (including phenoxy) is 2. The highest BCUT2D eigenvalue weighted by Crippen LogP contribution is 2.18. The van der Waals surface area contributed by atoms with E-state index in [1.807, 2.05) is 54.6 Å². The quantitative estimate of drug-likeness (QED) is 0.479. The lowest BCUT2D eigenvalue weighted by Crippen LogP contribution is -2.09. The van der Waals surface area contributed by atoms with Crippen LogP contribution in [0.25, 0.3) is 0 Å². The first-order valence-electron chi connectivity index (χ1n) is 5.82. The minimum absolute atomic E-state index is 0.209. The third kappa shape index (κ3) is 4.00. The van der Waals surface area contributed by atoms with Crippen LogP contribution in [-0.4, -0.2) is 18.9 Å². The molecule has 2 rings (SSSR count). The molecule has 0 saturated heterocycles. The van der Waals surface area contributed by atoms with Crippen molar-refractivity contribution >= 4 is 23.2 Å². The third-order valence-electron chi connectivity index (χ3n) is 2.42. The van der Waals surface area contributed by atoms with Gasteiger partial charge in [0.25, 0.3) is 0 Å². The van der Waals surface area contributed by atoms with Gasteiger partial charge in [0, 0.05) is 0 Å². The van der Waals surface area contributed by atoms with Crippen LogP contribution in [0.15, 0.2) is 59.6 Å². The van der Waals surface area contributed by atoms with Crippen molar-refractivity contribution in [3.63, 3.8) is 0 Å². The molecule has 0 aliphatic carbocycles. The van der Waals surface area contributed by atoms with Crippen LogP contribution in [0, 0.1) is 0 Å². The molecule has 0 bridgehead atoms. The number of nitrogens with zero attached hydrogens (tertiary/aromatic N) is 1. The Balaban J connectivity index is 2.12. The van der Waals surface area contributed by atoms with E-state index in [-0.39, 0.29) is 5.88 Å². The number of rotatable bonds is 4. The molecule has 0 radical (unpaired) electrons. The van der Waals surface area contributed by atoms with E-state index < -0.39 is 0 Å². The van der Waals surface area contributed by atoms with Crippen molar-refractivity contribution < 1.29 is 9.47 Å². The van der Waals surface area contributed by atoms with Crippen molar-refractivity contribution in [1.82, 2.24) is 0 Å². The van der Waals surface area contributed by atoms with E-state index in [0.29, 0.717) is 11.6 Å². The summed E-state index contributed by atoms with van der Waals surface area (Å²) in [7, 11) is 1.62. The molecule has 2 aromatic rings. The number of aliphatic imine (C=N–C) groups is 1. The van der Waals surface area contributed by atoms with Crippen molar-refractivity contribution in [1.29, 1.82) is 0 Å². The first-order chi connectivity index (χ1) is 9.31. The zero-order valence-corrected chi connectivity index (χ0v) is 11.3. The van der Waals surface area contributed by atoms with Gasteiger partial charge in [-0.1, -0.05) is 18.2 Å². The fourth-order valence-corrected chi connectivity index (χ4v) is 1.62. The van der Waals surface area contributed by atoms with Crippen LogP contribution in [-0.2, 0) is 0 Å². The average Bonchev–Trinajstić information content (AvgIpc) is 2.48. The summed E-state index contributed by atoms with van der Waals surface area (Å²) in [4.78, 5) is 4.35. The SMILES string of the molecule is COc1ccc(O/C(CCl)=N/c2ccccc2)cc1. The number of methoxy groups -OCH3 is 1. The molecule has 19 heavy (non-hydrogen) atoms. The largest absolute Gasteiger partial charge is 0.497 e. The number of alkyl halides is 1. The maximum absolute atomic E-state index is 5.85. The molecule has 0 unspecified atom stereocenters. The van der Waals surface area contributed by atoms with Crippen LogP contribution in [0.3, 0.4) is 0 Å². The molecule has 2 aromatic carbocycles. The maximum Gasteiger partial charge on any atom is 0.210 e. The number of para-hydroxylation sites is 1. The van der Waals surface area contributed by atoms with Crippen LogP contribution in [0.2, 0.25) is 0 Å². The van der Waals surface area contributed by atoms with Gasteiger partial charge in [-0.3, -0.25) is 0 Å². The van der Waals surface area contributed by atoms with Gasteiger partial charge in [0.2, 0.25) is 5.90 Å². The Morgan fingerprint density at radius 1 is 1.00 bits per heavy atom. The van der Waals surface area contributed by atoms with E-state index >= 15 is 0 Å². The van der Waals surface area contributed by atoms with E-state index in [4.69, 9.17) is 21.1 Å². The lowest BCUT2D eigenvalue weighted by Gasteiger charge is -2.07. The predicted molar refractivity (Wildman–Crippen MR) is 77.9 cm³/mol. The minimum atomic E-state index is 0.209. The lowest BCUT2D eigenvalue weighted by molar-refractivity contribution is 0.414. The molecule has 0 spiro atoms. The van der Waals surface area contributed by atoms with Gasteiger partial charge in [0.05, 0.1) is 18.7 Å². The molecule has 3 nitrogen and oxygen atoms in total. The Labute approximate surface area is 117 Å². The molecule has 0 fully saturated rings. The summed E-state index contributed by atoms with van der Waals surface area (Å²) < 4.78 is 10.7. The van der Waals surface area contributed by atoms with Crippen molar-refractivity contribution in [2.24, 2.45) is 4.99 Å². The molecule has 0 aliphatic rings. The van der Waals surface area contributed by atoms with Gasteiger partial charge < -0.3 is 9.47 Å². The molecule has 0 amide bonds. The van der Waals surface area contributed by atoms with E-state index in [1.165, 1.54) is 0 Å². The van der Waals surface area contributed by atoms with E-state index in [9.17, 15) is 0 Å². The Kier molecular flexibility index (Phi) is 4.81. The van der Waals surface area contributed by atoms with E-state index in [0.717, 1.165) is 11.4 Å². The molecule has 0 aliphatic heterocycles. The maximum atomic E-state index is 5.85. The standard InChI is InChI=1S/C15H14ClNO2/c1-18-13-7-9-14(10-8-13)19-15(11-16)17-12-5-3-2-4-6-12/h2-10H,11H2,1H3/b17-15+. The second kappa shape index (κ2) is 6.81. The topological polar surface area (TPSA) is 30.8 Å². The third-order valence-corrected chi connectivity index (χ3v) is 2.65. The summed E-state index contributed by atoms with van der Waals surface area (Å²) in [6.07, 6.45) is 0. The van der Waals surface area contributed by atoms with Crippen LogP contribution in [0.5, 0.6) is 11.5 Å². The Bertz CT molecular complexity index is 538. The molecule has 0 heterocycles. The zero-order chi connectivity index (χ0) is 13.5. The molecule has 0 aromatic heterocycles.